The fourth-order valence-electron chi connectivity index (χ4n) is 4.33. The Morgan fingerprint density at radius 3 is 2.96 bits per heavy atom. The lowest BCUT2D eigenvalue weighted by Crippen LogP contribution is -2.45. The highest BCUT2D eigenvalue weighted by Crippen LogP contribution is 2.33. The molecule has 6 heteroatoms. The number of hydrogen-bond acceptors (Lipinski definition) is 4. The van der Waals surface area contributed by atoms with Gasteiger partial charge in [-0.25, -0.2) is 0 Å². The predicted octanol–water partition coefficient (Wildman–Crippen LogP) is 2.55. The molecule has 3 unspecified atom stereocenters. The summed E-state index contributed by atoms with van der Waals surface area (Å²) in [6.07, 6.45) is 10.4. The summed E-state index contributed by atoms with van der Waals surface area (Å²) < 4.78 is 11.3. The molecule has 2 N–H and O–H groups in total. The lowest BCUT2D eigenvalue weighted by Gasteiger charge is -2.23. The number of aliphatic imine (C=N–C) groups is 1. The van der Waals surface area contributed by atoms with Crippen molar-refractivity contribution < 1.29 is 9.15 Å². The molecule has 2 aliphatic heterocycles. The SMILES string of the molecule is CC1CC(NC(=NCC2CCCCO2)NCCc2ccco2)CN1C1CC1. The fourth-order valence-corrected chi connectivity index (χ4v) is 4.33. The average Bonchev–Trinajstić information content (AvgIpc) is 3.26. The van der Waals surface area contributed by atoms with Crippen LogP contribution in [0.15, 0.2) is 27.8 Å². The monoisotopic (exact) mass is 374 g/mol. The zero-order chi connectivity index (χ0) is 18.5. The maximum absolute atomic E-state index is 5.85. The highest BCUT2D eigenvalue weighted by atomic mass is 16.5. The highest BCUT2D eigenvalue weighted by Gasteiger charge is 2.38. The van der Waals surface area contributed by atoms with Crippen molar-refractivity contribution in [3.8, 4) is 0 Å². The van der Waals surface area contributed by atoms with E-state index in [9.17, 15) is 0 Å². The van der Waals surface area contributed by atoms with Crippen LogP contribution in [0.4, 0.5) is 0 Å². The molecule has 0 bridgehead atoms. The van der Waals surface area contributed by atoms with Crippen molar-refractivity contribution in [2.45, 2.75) is 76.1 Å². The van der Waals surface area contributed by atoms with E-state index in [1.165, 1.54) is 32.1 Å². The predicted molar refractivity (Wildman–Crippen MR) is 107 cm³/mol. The molecule has 1 saturated carbocycles. The van der Waals surface area contributed by atoms with Crippen LogP contribution in [0.5, 0.6) is 0 Å². The molecule has 0 aromatic carbocycles. The maximum atomic E-state index is 5.85. The molecule has 0 radical (unpaired) electrons. The molecule has 1 aliphatic carbocycles. The molecule has 3 atom stereocenters. The second-order valence-corrected chi connectivity index (χ2v) is 8.29. The van der Waals surface area contributed by atoms with E-state index in [1.807, 2.05) is 12.1 Å². The van der Waals surface area contributed by atoms with Gasteiger partial charge in [0.15, 0.2) is 5.96 Å². The molecule has 1 aromatic rings. The van der Waals surface area contributed by atoms with Gasteiger partial charge in [0, 0.05) is 44.2 Å². The Labute approximate surface area is 162 Å². The first-order chi connectivity index (χ1) is 13.3. The third-order valence-corrected chi connectivity index (χ3v) is 5.95. The molecule has 4 rings (SSSR count). The van der Waals surface area contributed by atoms with Gasteiger partial charge in [-0.3, -0.25) is 9.89 Å². The van der Waals surface area contributed by atoms with Crippen LogP contribution >= 0.6 is 0 Å². The maximum Gasteiger partial charge on any atom is 0.191 e. The van der Waals surface area contributed by atoms with E-state index in [4.69, 9.17) is 14.1 Å². The van der Waals surface area contributed by atoms with Gasteiger partial charge < -0.3 is 19.8 Å². The van der Waals surface area contributed by atoms with Crippen LogP contribution < -0.4 is 10.6 Å². The van der Waals surface area contributed by atoms with Gasteiger partial charge in [-0.05, 0) is 57.6 Å². The molecule has 150 valence electrons. The topological polar surface area (TPSA) is 62.0 Å². The highest BCUT2D eigenvalue weighted by molar-refractivity contribution is 5.80. The number of guanidine groups is 1. The third kappa shape index (κ3) is 5.48. The first-order valence-corrected chi connectivity index (χ1v) is 10.7. The summed E-state index contributed by atoms with van der Waals surface area (Å²) in [5, 5.41) is 7.19. The molecular weight excluding hydrogens is 340 g/mol. The van der Waals surface area contributed by atoms with Crippen LogP contribution in [0.1, 0.15) is 51.2 Å². The van der Waals surface area contributed by atoms with Gasteiger partial charge in [-0.2, -0.15) is 0 Å². The molecular formula is C21H34N4O2. The third-order valence-electron chi connectivity index (χ3n) is 5.95. The lowest BCUT2D eigenvalue weighted by atomic mass is 10.1. The molecule has 3 fully saturated rings. The van der Waals surface area contributed by atoms with Crippen LogP contribution in [-0.4, -0.2) is 61.3 Å². The Morgan fingerprint density at radius 2 is 2.22 bits per heavy atom. The van der Waals surface area contributed by atoms with Crippen molar-refractivity contribution in [3.05, 3.63) is 24.2 Å². The number of hydrogen-bond donors (Lipinski definition) is 2. The van der Waals surface area contributed by atoms with Crippen LogP contribution in [-0.2, 0) is 11.2 Å². The van der Waals surface area contributed by atoms with Crippen LogP contribution in [0.25, 0.3) is 0 Å². The van der Waals surface area contributed by atoms with Gasteiger partial charge in [-0.15, -0.1) is 0 Å². The summed E-state index contributed by atoms with van der Waals surface area (Å²) in [6.45, 7) is 5.93. The van der Waals surface area contributed by atoms with E-state index in [1.54, 1.807) is 6.26 Å². The molecule has 0 spiro atoms. The van der Waals surface area contributed by atoms with E-state index in [2.05, 4.69) is 22.5 Å². The minimum absolute atomic E-state index is 0.271. The molecule has 1 aromatic heterocycles. The molecule has 3 heterocycles. The summed E-state index contributed by atoms with van der Waals surface area (Å²) in [7, 11) is 0. The number of furan rings is 1. The van der Waals surface area contributed by atoms with Gasteiger partial charge in [0.25, 0.3) is 0 Å². The standard InChI is InChI=1S/C21H34N4O2/c1-16-13-17(15-25(16)18-7-8-18)24-21(22-10-9-19-6-4-12-26-19)23-14-20-5-2-3-11-27-20/h4,6,12,16-18,20H,2-3,5,7-11,13-15H2,1H3,(H2,22,23,24). The summed E-state index contributed by atoms with van der Waals surface area (Å²) in [5.41, 5.74) is 0. The zero-order valence-corrected chi connectivity index (χ0v) is 16.5. The Kier molecular flexibility index (Phi) is 6.35. The van der Waals surface area contributed by atoms with Crippen LogP contribution in [0.2, 0.25) is 0 Å². The molecule has 27 heavy (non-hydrogen) atoms. The van der Waals surface area contributed by atoms with Gasteiger partial charge in [0.05, 0.1) is 18.9 Å². The molecule has 3 aliphatic rings. The smallest absolute Gasteiger partial charge is 0.191 e. The summed E-state index contributed by atoms with van der Waals surface area (Å²) in [5.74, 6) is 1.93. The number of likely N-dealkylation sites (tertiary alicyclic amines) is 1. The van der Waals surface area contributed by atoms with Crippen LogP contribution in [0, 0.1) is 0 Å². The number of rotatable bonds is 7. The first kappa shape index (κ1) is 18.8. The Balaban J connectivity index is 1.31. The molecule has 0 amide bonds. The van der Waals surface area contributed by atoms with Gasteiger partial charge >= 0.3 is 0 Å². The Bertz CT molecular complexity index is 593. The van der Waals surface area contributed by atoms with Crippen molar-refractivity contribution in [3.63, 3.8) is 0 Å². The largest absolute Gasteiger partial charge is 0.469 e. The van der Waals surface area contributed by atoms with Crippen molar-refractivity contribution in [1.82, 2.24) is 15.5 Å². The number of nitrogens with zero attached hydrogens (tertiary/aromatic N) is 2. The minimum atomic E-state index is 0.271. The minimum Gasteiger partial charge on any atom is -0.469 e. The molecule has 2 saturated heterocycles. The van der Waals surface area contributed by atoms with Crippen LogP contribution in [0.3, 0.4) is 0 Å². The van der Waals surface area contributed by atoms with E-state index in [0.717, 1.165) is 56.8 Å². The van der Waals surface area contributed by atoms with Gasteiger partial charge in [0.2, 0.25) is 0 Å². The van der Waals surface area contributed by atoms with E-state index < -0.39 is 0 Å². The van der Waals surface area contributed by atoms with Crippen molar-refractivity contribution in [1.29, 1.82) is 0 Å². The first-order valence-electron chi connectivity index (χ1n) is 10.7. The van der Waals surface area contributed by atoms with E-state index in [-0.39, 0.29) is 6.10 Å². The summed E-state index contributed by atoms with van der Waals surface area (Å²) in [6, 6.07) is 5.93. The van der Waals surface area contributed by atoms with Crippen molar-refractivity contribution >= 4 is 5.96 Å². The van der Waals surface area contributed by atoms with Gasteiger partial charge in [0.1, 0.15) is 5.76 Å². The van der Waals surface area contributed by atoms with E-state index >= 15 is 0 Å². The number of nitrogens with one attached hydrogen (secondary N) is 2. The van der Waals surface area contributed by atoms with Crippen molar-refractivity contribution in [2.75, 3.05) is 26.2 Å². The second-order valence-electron chi connectivity index (χ2n) is 8.29. The summed E-state index contributed by atoms with van der Waals surface area (Å²) in [4.78, 5) is 7.53. The average molecular weight is 375 g/mol. The molecule has 6 nitrogen and oxygen atoms in total. The van der Waals surface area contributed by atoms with Crippen molar-refractivity contribution in [2.24, 2.45) is 4.99 Å². The lowest BCUT2D eigenvalue weighted by molar-refractivity contribution is 0.0224. The summed E-state index contributed by atoms with van der Waals surface area (Å²) >= 11 is 0. The Hall–Kier alpha value is -1.53. The zero-order valence-electron chi connectivity index (χ0n) is 16.5. The normalized spacial score (nSPS) is 29.8. The Morgan fingerprint density at radius 1 is 1.30 bits per heavy atom. The van der Waals surface area contributed by atoms with E-state index in [0.29, 0.717) is 12.1 Å². The number of ether oxygens (including phenoxy) is 1. The fraction of sp³-hybridized carbons (Fsp3) is 0.762. The van der Waals surface area contributed by atoms with Gasteiger partial charge in [-0.1, -0.05) is 0 Å². The quantitative estimate of drug-likeness (QED) is 0.567. The second kappa shape index (κ2) is 9.11.